The Labute approximate surface area is 113 Å². The van der Waals surface area contributed by atoms with Crippen LogP contribution < -0.4 is 0 Å². The van der Waals surface area contributed by atoms with Crippen molar-refractivity contribution < 1.29 is 10.9 Å². The first-order chi connectivity index (χ1) is 8.16. The average molecular weight is 349 g/mol. The number of unbranched alkanes of at least 4 members (excludes halogenated alkanes) is 8. The molecule has 0 spiro atoms. The Hall–Kier alpha value is 0.0687. The Balaban J connectivity index is 3.13. The molecule has 0 atom stereocenters. The summed E-state index contributed by atoms with van der Waals surface area (Å²) in [6.45, 7) is 2.23. The van der Waals surface area contributed by atoms with Crippen LogP contribution in [0, 0.1) is 0 Å². The summed E-state index contributed by atoms with van der Waals surface area (Å²) in [5.74, 6) is -0.264. The Morgan fingerprint density at radius 2 is 1.41 bits per heavy atom. The van der Waals surface area contributed by atoms with Crippen molar-refractivity contribution in [1.82, 2.24) is 0 Å². The molecule has 0 unspecified atom stereocenters. The van der Waals surface area contributed by atoms with Gasteiger partial charge in [0.2, 0.25) is 0 Å². The van der Waals surface area contributed by atoms with Gasteiger partial charge in [-0.05, 0) is 0 Å². The fraction of sp³-hybridized carbons (Fsp3) is 0.923. The van der Waals surface area contributed by atoms with Gasteiger partial charge >= 0.3 is 106 Å². The summed E-state index contributed by atoms with van der Waals surface area (Å²) in [5.41, 5.74) is 0. The van der Waals surface area contributed by atoms with Crippen LogP contribution >= 0.6 is 0 Å². The van der Waals surface area contributed by atoms with Crippen molar-refractivity contribution >= 4 is 26.1 Å². The van der Waals surface area contributed by atoms with Crippen molar-refractivity contribution in [2.75, 3.05) is 0 Å². The van der Waals surface area contributed by atoms with E-state index in [1.807, 2.05) is 0 Å². The van der Waals surface area contributed by atoms with Crippen molar-refractivity contribution in [1.29, 1.82) is 0 Å². The molecular formula is C13H26O3Sn. The zero-order chi connectivity index (χ0) is 12.9. The summed E-state index contributed by atoms with van der Waals surface area (Å²) in [6.07, 6.45) is 11.6. The fourth-order valence-electron chi connectivity index (χ4n) is 1.79. The van der Waals surface area contributed by atoms with E-state index in [1.54, 1.807) is 0 Å². The van der Waals surface area contributed by atoms with Crippen molar-refractivity contribution in [3.8, 4) is 0 Å². The third-order valence-corrected chi connectivity index (χ3v) is 4.21. The van der Waals surface area contributed by atoms with Crippen LogP contribution in [0.25, 0.3) is 0 Å². The van der Waals surface area contributed by atoms with Gasteiger partial charge in [0.25, 0.3) is 0 Å². The van der Waals surface area contributed by atoms with E-state index in [-0.39, 0.29) is 5.97 Å². The molecule has 0 aromatic carbocycles. The van der Waals surface area contributed by atoms with Crippen LogP contribution in [0.5, 0.6) is 0 Å². The molecule has 17 heavy (non-hydrogen) atoms. The maximum absolute atomic E-state index is 11.1. The van der Waals surface area contributed by atoms with E-state index in [0.29, 0.717) is 6.42 Å². The topological polar surface area (TPSA) is 43.4 Å². The predicted molar refractivity (Wildman–Crippen MR) is 70.2 cm³/mol. The Bertz CT molecular complexity index is 217. The Kier molecular flexibility index (Phi) is 12.6. The fourth-order valence-corrected chi connectivity index (χ4v) is 3.00. The van der Waals surface area contributed by atoms with Gasteiger partial charge in [0.1, 0.15) is 0 Å². The number of carbonyl (C=O) groups excluding carboxylic acids is 1. The van der Waals surface area contributed by atoms with Gasteiger partial charge in [0, 0.05) is 0 Å². The summed E-state index contributed by atoms with van der Waals surface area (Å²) in [7, 11) is 0. The van der Waals surface area contributed by atoms with Crippen LogP contribution in [0.2, 0.25) is 4.94 Å². The van der Waals surface area contributed by atoms with Crippen LogP contribution in [0.1, 0.15) is 71.1 Å². The van der Waals surface area contributed by atoms with Gasteiger partial charge < -0.3 is 0 Å². The standard InChI is InChI=1S/C12H24O2.CH3.O.Sn/c1-2-3-4-5-6-7-8-9-10-11-12(13)14;;;/h2-11H2,1H3,(H,13,14);1H3;;/q;;;+1/p-1. The van der Waals surface area contributed by atoms with Crippen LogP contribution in [0.4, 0.5) is 0 Å². The molecule has 0 amide bonds. The van der Waals surface area contributed by atoms with Crippen molar-refractivity contribution in [2.24, 2.45) is 0 Å². The van der Waals surface area contributed by atoms with E-state index in [4.69, 9.17) is 3.07 Å². The van der Waals surface area contributed by atoms with Gasteiger partial charge in [-0.2, -0.15) is 0 Å². The summed E-state index contributed by atoms with van der Waals surface area (Å²) in [4.78, 5) is 12.6. The molecule has 0 N–H and O–H groups in total. The zero-order valence-corrected chi connectivity index (χ0v) is 14.1. The molecule has 0 aliphatic carbocycles. The molecule has 0 saturated heterocycles. The monoisotopic (exact) mass is 350 g/mol. The number of hydrogen-bond donors (Lipinski definition) is 0. The molecule has 0 fully saturated rings. The molecular weight excluding hydrogens is 323 g/mol. The van der Waals surface area contributed by atoms with Crippen molar-refractivity contribution in [3.05, 3.63) is 0 Å². The van der Waals surface area contributed by atoms with Crippen molar-refractivity contribution in [2.45, 2.75) is 76.1 Å². The van der Waals surface area contributed by atoms with Gasteiger partial charge in [-0.3, -0.25) is 0 Å². The van der Waals surface area contributed by atoms with E-state index >= 15 is 0 Å². The molecule has 4 heteroatoms. The first kappa shape index (κ1) is 17.1. The van der Waals surface area contributed by atoms with E-state index in [2.05, 4.69) is 6.92 Å². The van der Waals surface area contributed by atoms with Crippen LogP contribution in [0.15, 0.2) is 0 Å². The van der Waals surface area contributed by atoms with Gasteiger partial charge in [0.05, 0.1) is 0 Å². The molecule has 100 valence electrons. The van der Waals surface area contributed by atoms with E-state index < -0.39 is 20.2 Å². The molecule has 0 bridgehead atoms. The van der Waals surface area contributed by atoms with Crippen LogP contribution in [-0.4, -0.2) is 26.1 Å². The number of hydrogen-bond acceptors (Lipinski definition) is 3. The van der Waals surface area contributed by atoms with Gasteiger partial charge in [-0.1, -0.05) is 6.92 Å². The molecule has 0 aliphatic heterocycles. The maximum atomic E-state index is 11.1. The van der Waals surface area contributed by atoms with Gasteiger partial charge in [-0.15, -0.1) is 0 Å². The summed E-state index contributed by atoms with van der Waals surface area (Å²) >= 11 is -2.90. The number of carbonyl (C=O) groups is 1. The first-order valence-corrected chi connectivity index (χ1v) is 12.1. The van der Waals surface area contributed by atoms with Gasteiger partial charge in [0.15, 0.2) is 0 Å². The third kappa shape index (κ3) is 14.0. The summed E-state index contributed by atoms with van der Waals surface area (Å²) < 4.78 is 15.5. The van der Waals surface area contributed by atoms with E-state index in [9.17, 15) is 7.87 Å². The summed E-state index contributed by atoms with van der Waals surface area (Å²) in [6, 6.07) is 0. The predicted octanol–water partition coefficient (Wildman–Crippen LogP) is 4.00. The SMILES string of the molecule is CCCCCCCCCCCC(=O)[O][Sn]([CH3])=[O]. The minimum atomic E-state index is -2.90. The van der Waals surface area contributed by atoms with Crippen LogP contribution in [0.3, 0.4) is 0 Å². The molecule has 0 heterocycles. The molecule has 0 radical (unpaired) electrons. The zero-order valence-electron chi connectivity index (χ0n) is 11.3. The quantitative estimate of drug-likeness (QED) is 0.418. The molecule has 0 aromatic heterocycles. The van der Waals surface area contributed by atoms with E-state index in [0.717, 1.165) is 12.8 Å². The molecule has 0 rings (SSSR count). The molecule has 0 aromatic rings. The second-order valence-corrected chi connectivity index (χ2v) is 7.93. The molecule has 0 aliphatic rings. The van der Waals surface area contributed by atoms with Crippen LogP contribution in [-0.2, 0) is 10.9 Å². The second-order valence-electron chi connectivity index (χ2n) is 4.54. The van der Waals surface area contributed by atoms with E-state index in [1.165, 1.54) is 49.9 Å². The number of rotatable bonds is 11. The summed E-state index contributed by atoms with van der Waals surface area (Å²) in [5, 5.41) is 0. The Morgan fingerprint density at radius 3 is 1.88 bits per heavy atom. The second kappa shape index (κ2) is 12.5. The van der Waals surface area contributed by atoms with Gasteiger partial charge in [-0.25, -0.2) is 0 Å². The van der Waals surface area contributed by atoms with Crippen molar-refractivity contribution in [3.63, 3.8) is 0 Å². The average Bonchev–Trinajstić information content (AvgIpc) is 2.26. The first-order valence-electron chi connectivity index (χ1n) is 6.88. The Morgan fingerprint density at radius 1 is 0.941 bits per heavy atom. The molecule has 0 saturated carbocycles. The minimum absolute atomic E-state index is 0.264. The third-order valence-electron chi connectivity index (χ3n) is 2.74. The normalized spacial score (nSPS) is 10.2. The molecule has 3 nitrogen and oxygen atoms in total.